The number of sulfonamides is 1. The molecule has 2 aromatic carbocycles. The van der Waals surface area contributed by atoms with Gasteiger partial charge in [-0.25, -0.2) is 13.1 Å². The number of carbonyl (C=O) groups is 1. The highest BCUT2D eigenvalue weighted by molar-refractivity contribution is 7.92. The van der Waals surface area contributed by atoms with Crippen LogP contribution >= 0.6 is 0 Å². The number of nitrogens with zero attached hydrogens (tertiary/aromatic N) is 4. The Morgan fingerprint density at radius 3 is 2.09 bits per heavy atom. The molecule has 168 valence electrons. The highest BCUT2D eigenvalue weighted by atomic mass is 32.2. The predicted molar refractivity (Wildman–Crippen MR) is 126 cm³/mol. The van der Waals surface area contributed by atoms with E-state index < -0.39 is 10.0 Å². The Morgan fingerprint density at radius 2 is 1.50 bits per heavy atom. The summed E-state index contributed by atoms with van der Waals surface area (Å²) in [5.74, 6) is -0.0291. The summed E-state index contributed by atoms with van der Waals surface area (Å²) in [6.45, 7) is 6.51. The number of hydrogen-bond donors (Lipinski definition) is 1. The van der Waals surface area contributed by atoms with Crippen LogP contribution in [-0.2, 0) is 10.0 Å². The third kappa shape index (κ3) is 4.94. The summed E-state index contributed by atoms with van der Waals surface area (Å²) in [6.07, 6.45) is 1.13. The maximum Gasteiger partial charge on any atom is 0.272 e. The van der Waals surface area contributed by atoms with E-state index in [2.05, 4.69) is 14.7 Å². The lowest BCUT2D eigenvalue weighted by Crippen LogP contribution is -2.49. The van der Waals surface area contributed by atoms with Crippen molar-refractivity contribution in [2.45, 2.75) is 13.8 Å². The number of rotatable bonds is 5. The molecular formula is C23H27N5O3S. The van der Waals surface area contributed by atoms with E-state index in [0.717, 1.165) is 28.9 Å². The summed E-state index contributed by atoms with van der Waals surface area (Å²) < 4.78 is 26.9. The second-order valence-corrected chi connectivity index (χ2v) is 9.87. The van der Waals surface area contributed by atoms with Gasteiger partial charge in [-0.3, -0.25) is 9.52 Å². The Kier molecular flexibility index (Phi) is 5.92. The van der Waals surface area contributed by atoms with Crippen molar-refractivity contribution in [3.8, 4) is 5.69 Å². The van der Waals surface area contributed by atoms with Crippen molar-refractivity contribution < 1.29 is 13.2 Å². The van der Waals surface area contributed by atoms with Crippen LogP contribution < -0.4 is 9.62 Å². The number of amides is 1. The van der Waals surface area contributed by atoms with Crippen LogP contribution in [0.4, 0.5) is 11.4 Å². The zero-order chi connectivity index (χ0) is 22.9. The largest absolute Gasteiger partial charge is 0.368 e. The molecule has 0 atom stereocenters. The van der Waals surface area contributed by atoms with Gasteiger partial charge in [0, 0.05) is 37.6 Å². The average molecular weight is 454 g/mol. The first kappa shape index (κ1) is 21.9. The standard InChI is InChI=1S/C23H27N5O3S/c1-17-4-8-21(9-5-17)28-22(16-18(2)24-28)23(29)27-14-12-26(13-15-27)20-10-6-19(7-11-20)25-32(3,30)31/h4-11,16,25H,12-15H2,1-3H3. The van der Waals surface area contributed by atoms with Gasteiger partial charge in [-0.1, -0.05) is 17.7 Å². The summed E-state index contributed by atoms with van der Waals surface area (Å²) in [4.78, 5) is 17.3. The van der Waals surface area contributed by atoms with Crippen molar-refractivity contribution in [2.24, 2.45) is 0 Å². The van der Waals surface area contributed by atoms with Gasteiger partial charge in [0.05, 0.1) is 17.6 Å². The fraction of sp³-hybridized carbons (Fsp3) is 0.304. The molecule has 8 nitrogen and oxygen atoms in total. The second kappa shape index (κ2) is 8.66. The van der Waals surface area contributed by atoms with Crippen LogP contribution in [0.5, 0.6) is 0 Å². The van der Waals surface area contributed by atoms with E-state index in [-0.39, 0.29) is 5.91 Å². The number of piperazine rings is 1. The highest BCUT2D eigenvalue weighted by Crippen LogP contribution is 2.21. The first-order chi connectivity index (χ1) is 15.2. The van der Waals surface area contributed by atoms with Crippen LogP contribution in [0.3, 0.4) is 0 Å². The van der Waals surface area contributed by atoms with Crippen molar-refractivity contribution in [2.75, 3.05) is 42.1 Å². The molecule has 1 aliphatic heterocycles. The van der Waals surface area contributed by atoms with Crippen LogP contribution in [0.25, 0.3) is 5.69 Å². The lowest BCUT2D eigenvalue weighted by Gasteiger charge is -2.36. The lowest BCUT2D eigenvalue weighted by atomic mass is 10.2. The van der Waals surface area contributed by atoms with Crippen LogP contribution in [-0.4, -0.2) is 61.4 Å². The van der Waals surface area contributed by atoms with Crippen molar-refractivity contribution in [3.05, 3.63) is 71.5 Å². The molecule has 0 aliphatic carbocycles. The molecule has 0 unspecified atom stereocenters. The number of benzene rings is 2. The minimum absolute atomic E-state index is 0.0291. The van der Waals surface area contributed by atoms with Crippen molar-refractivity contribution in [3.63, 3.8) is 0 Å². The Labute approximate surface area is 188 Å². The Hall–Kier alpha value is -3.33. The fourth-order valence-electron chi connectivity index (χ4n) is 3.82. The Balaban J connectivity index is 1.44. The number of hydrogen-bond acceptors (Lipinski definition) is 5. The van der Waals surface area contributed by atoms with Gasteiger partial charge in [0.15, 0.2) is 0 Å². The molecule has 2 heterocycles. The molecule has 1 aromatic heterocycles. The van der Waals surface area contributed by atoms with Gasteiger partial charge in [0.2, 0.25) is 10.0 Å². The molecule has 1 fully saturated rings. The SMILES string of the molecule is Cc1ccc(-n2nc(C)cc2C(=O)N2CCN(c3ccc(NS(C)(=O)=O)cc3)CC2)cc1. The quantitative estimate of drug-likeness (QED) is 0.642. The molecule has 1 amide bonds. The Morgan fingerprint density at radius 1 is 0.906 bits per heavy atom. The molecule has 0 radical (unpaired) electrons. The van der Waals surface area contributed by atoms with E-state index >= 15 is 0 Å². The highest BCUT2D eigenvalue weighted by Gasteiger charge is 2.25. The van der Waals surface area contributed by atoms with Gasteiger partial charge in [-0.15, -0.1) is 0 Å². The average Bonchev–Trinajstić information content (AvgIpc) is 3.15. The van der Waals surface area contributed by atoms with E-state index in [0.29, 0.717) is 37.6 Å². The maximum absolute atomic E-state index is 13.3. The van der Waals surface area contributed by atoms with Crippen LogP contribution in [0.2, 0.25) is 0 Å². The third-order valence-electron chi connectivity index (χ3n) is 5.43. The lowest BCUT2D eigenvalue weighted by molar-refractivity contribution is 0.0737. The monoisotopic (exact) mass is 453 g/mol. The van der Waals surface area contributed by atoms with E-state index in [4.69, 9.17) is 0 Å². The van der Waals surface area contributed by atoms with Gasteiger partial charge in [0.1, 0.15) is 5.69 Å². The molecule has 1 N–H and O–H groups in total. The van der Waals surface area contributed by atoms with Crippen molar-refractivity contribution >= 4 is 27.3 Å². The summed E-state index contributed by atoms with van der Waals surface area (Å²) in [5.41, 5.74) is 4.92. The van der Waals surface area contributed by atoms with Gasteiger partial charge in [0.25, 0.3) is 5.91 Å². The molecule has 0 bridgehead atoms. The summed E-state index contributed by atoms with van der Waals surface area (Å²) in [6, 6.07) is 17.1. The van der Waals surface area contributed by atoms with Crippen LogP contribution in [0.15, 0.2) is 54.6 Å². The minimum atomic E-state index is -3.30. The molecule has 3 aromatic rings. The normalized spacial score (nSPS) is 14.5. The third-order valence-corrected chi connectivity index (χ3v) is 6.04. The molecule has 1 aliphatic rings. The topological polar surface area (TPSA) is 87.5 Å². The number of aromatic nitrogens is 2. The van der Waals surface area contributed by atoms with E-state index in [9.17, 15) is 13.2 Å². The summed E-state index contributed by atoms with van der Waals surface area (Å²) in [5, 5.41) is 4.53. The molecule has 0 spiro atoms. The second-order valence-electron chi connectivity index (χ2n) is 8.12. The summed E-state index contributed by atoms with van der Waals surface area (Å²) >= 11 is 0. The van der Waals surface area contributed by atoms with Crippen molar-refractivity contribution in [1.82, 2.24) is 14.7 Å². The van der Waals surface area contributed by atoms with Gasteiger partial charge in [-0.05, 0) is 56.3 Å². The first-order valence-corrected chi connectivity index (χ1v) is 12.3. The molecule has 1 saturated heterocycles. The van der Waals surface area contributed by atoms with Gasteiger partial charge in [-0.2, -0.15) is 5.10 Å². The fourth-order valence-corrected chi connectivity index (χ4v) is 4.38. The summed E-state index contributed by atoms with van der Waals surface area (Å²) in [7, 11) is -3.30. The molecular weight excluding hydrogens is 426 g/mol. The maximum atomic E-state index is 13.3. The number of aryl methyl sites for hydroxylation is 2. The molecule has 9 heteroatoms. The minimum Gasteiger partial charge on any atom is -0.368 e. The van der Waals surface area contributed by atoms with E-state index in [1.54, 1.807) is 16.8 Å². The van der Waals surface area contributed by atoms with Gasteiger partial charge < -0.3 is 9.80 Å². The number of nitrogens with one attached hydrogen (secondary N) is 1. The van der Waals surface area contributed by atoms with Crippen LogP contribution in [0.1, 0.15) is 21.7 Å². The number of anilines is 2. The zero-order valence-electron chi connectivity index (χ0n) is 18.4. The molecule has 32 heavy (non-hydrogen) atoms. The first-order valence-electron chi connectivity index (χ1n) is 10.5. The molecule has 4 rings (SSSR count). The molecule has 0 saturated carbocycles. The predicted octanol–water partition coefficient (Wildman–Crippen LogP) is 2.82. The number of carbonyl (C=O) groups excluding carboxylic acids is 1. The van der Waals surface area contributed by atoms with Crippen LogP contribution in [0, 0.1) is 13.8 Å². The van der Waals surface area contributed by atoms with E-state index in [1.807, 2.05) is 61.2 Å². The zero-order valence-corrected chi connectivity index (χ0v) is 19.3. The van der Waals surface area contributed by atoms with Crippen molar-refractivity contribution in [1.29, 1.82) is 0 Å². The smallest absolute Gasteiger partial charge is 0.272 e. The Bertz CT molecular complexity index is 1210. The van der Waals surface area contributed by atoms with Gasteiger partial charge >= 0.3 is 0 Å². The van der Waals surface area contributed by atoms with E-state index in [1.165, 1.54) is 0 Å².